The molecule has 16 heavy (non-hydrogen) atoms. The Bertz CT molecular complexity index is 439. The van der Waals surface area contributed by atoms with Crippen molar-refractivity contribution < 1.29 is 4.79 Å². The fourth-order valence-corrected chi connectivity index (χ4v) is 1.92. The van der Waals surface area contributed by atoms with Gasteiger partial charge in [0, 0.05) is 23.8 Å². The lowest BCUT2D eigenvalue weighted by Gasteiger charge is -2.10. The van der Waals surface area contributed by atoms with Crippen LogP contribution in [0.15, 0.2) is 12.3 Å². The number of ketones is 1. The van der Waals surface area contributed by atoms with E-state index in [1.807, 2.05) is 0 Å². The molecule has 2 aliphatic carbocycles. The lowest BCUT2D eigenvalue weighted by Crippen LogP contribution is -2.10. The highest BCUT2D eigenvalue weighted by Gasteiger charge is 2.33. The van der Waals surface area contributed by atoms with Crippen molar-refractivity contribution >= 4 is 23.1 Å². The number of aromatic nitrogens is 1. The molecule has 0 aromatic carbocycles. The predicted molar refractivity (Wildman–Crippen MR) is 62.9 cm³/mol. The van der Waals surface area contributed by atoms with Gasteiger partial charge in [0.05, 0.1) is 5.56 Å². The number of halogens is 1. The number of rotatable bonds is 4. The summed E-state index contributed by atoms with van der Waals surface area (Å²) in [5.74, 6) is 0.440. The van der Waals surface area contributed by atoms with E-state index < -0.39 is 0 Å². The van der Waals surface area contributed by atoms with Crippen LogP contribution in [0.3, 0.4) is 0 Å². The minimum atomic E-state index is 0.215. The first kappa shape index (κ1) is 10.1. The van der Waals surface area contributed by atoms with Gasteiger partial charge in [0.25, 0.3) is 0 Å². The van der Waals surface area contributed by atoms with Gasteiger partial charge in [-0.2, -0.15) is 0 Å². The van der Waals surface area contributed by atoms with Crippen LogP contribution in [0.5, 0.6) is 0 Å². The monoisotopic (exact) mass is 236 g/mol. The topological polar surface area (TPSA) is 42.0 Å². The van der Waals surface area contributed by atoms with Gasteiger partial charge in [0.2, 0.25) is 0 Å². The van der Waals surface area contributed by atoms with Crippen molar-refractivity contribution in [2.24, 2.45) is 5.92 Å². The molecule has 0 atom stereocenters. The second-order valence-electron chi connectivity index (χ2n) is 4.61. The van der Waals surface area contributed by atoms with E-state index in [1.54, 1.807) is 12.3 Å². The number of hydrogen-bond donors (Lipinski definition) is 1. The molecule has 0 unspecified atom stereocenters. The summed E-state index contributed by atoms with van der Waals surface area (Å²) in [7, 11) is 0. The minimum absolute atomic E-state index is 0.215. The van der Waals surface area contributed by atoms with E-state index in [0.29, 0.717) is 16.8 Å². The van der Waals surface area contributed by atoms with E-state index in [0.717, 1.165) is 18.5 Å². The highest BCUT2D eigenvalue weighted by molar-refractivity contribution is 6.29. The Hall–Kier alpha value is -1.09. The van der Waals surface area contributed by atoms with Gasteiger partial charge in [-0.1, -0.05) is 11.6 Å². The third-order valence-electron chi connectivity index (χ3n) is 3.02. The van der Waals surface area contributed by atoms with Gasteiger partial charge in [0.1, 0.15) is 5.15 Å². The first-order valence-corrected chi connectivity index (χ1v) is 6.08. The van der Waals surface area contributed by atoms with Gasteiger partial charge in [-0.25, -0.2) is 4.98 Å². The first-order chi connectivity index (χ1) is 7.74. The van der Waals surface area contributed by atoms with Gasteiger partial charge in [-0.15, -0.1) is 0 Å². The van der Waals surface area contributed by atoms with Crippen LogP contribution in [0, 0.1) is 5.92 Å². The van der Waals surface area contributed by atoms with Crippen molar-refractivity contribution in [3.05, 3.63) is 23.0 Å². The largest absolute Gasteiger partial charge is 0.382 e. The van der Waals surface area contributed by atoms with Crippen LogP contribution < -0.4 is 5.32 Å². The van der Waals surface area contributed by atoms with Crippen LogP contribution in [0.2, 0.25) is 5.15 Å². The first-order valence-electron chi connectivity index (χ1n) is 5.70. The van der Waals surface area contributed by atoms with Crippen LogP contribution in [-0.2, 0) is 0 Å². The molecule has 0 radical (unpaired) electrons. The summed E-state index contributed by atoms with van der Waals surface area (Å²) in [6.07, 6.45) is 6.00. The molecular formula is C12H13ClN2O. The second-order valence-corrected chi connectivity index (χ2v) is 5.00. The number of pyridine rings is 1. The lowest BCUT2D eigenvalue weighted by molar-refractivity contribution is 0.0968. The number of anilines is 1. The molecule has 4 heteroatoms. The van der Waals surface area contributed by atoms with Gasteiger partial charge in [-0.05, 0) is 31.7 Å². The quantitative estimate of drug-likeness (QED) is 0.646. The lowest BCUT2D eigenvalue weighted by atomic mass is 10.1. The Morgan fingerprint density at radius 2 is 2.12 bits per heavy atom. The molecule has 3 nitrogen and oxygen atoms in total. The Morgan fingerprint density at radius 3 is 2.75 bits per heavy atom. The highest BCUT2D eigenvalue weighted by atomic mass is 35.5. The van der Waals surface area contributed by atoms with E-state index in [9.17, 15) is 4.79 Å². The Kier molecular flexibility index (Phi) is 2.36. The zero-order valence-electron chi connectivity index (χ0n) is 8.87. The molecule has 84 valence electrons. The smallest absolute Gasteiger partial charge is 0.169 e. The van der Waals surface area contributed by atoms with E-state index in [2.05, 4.69) is 10.3 Å². The highest BCUT2D eigenvalue weighted by Crippen LogP contribution is 2.36. The van der Waals surface area contributed by atoms with Crippen LogP contribution >= 0.6 is 11.6 Å². The number of carbonyl (C=O) groups is 1. The summed E-state index contributed by atoms with van der Waals surface area (Å²) >= 11 is 5.86. The minimum Gasteiger partial charge on any atom is -0.382 e. The van der Waals surface area contributed by atoms with Crippen LogP contribution in [-0.4, -0.2) is 16.8 Å². The average molecular weight is 237 g/mol. The van der Waals surface area contributed by atoms with Gasteiger partial charge in [-0.3, -0.25) is 4.79 Å². The fraction of sp³-hybridized carbons (Fsp3) is 0.500. The van der Waals surface area contributed by atoms with Crippen molar-refractivity contribution in [2.75, 3.05) is 5.32 Å². The maximum absolute atomic E-state index is 12.0. The van der Waals surface area contributed by atoms with E-state index in [-0.39, 0.29) is 11.7 Å². The number of Topliss-reactive ketones (excluding diaryl/α,β-unsaturated/α-hetero) is 1. The molecule has 0 bridgehead atoms. The van der Waals surface area contributed by atoms with E-state index >= 15 is 0 Å². The number of carbonyl (C=O) groups excluding carboxylic acids is 1. The molecule has 2 fully saturated rings. The molecule has 1 aromatic heterocycles. The normalized spacial score (nSPS) is 19.6. The van der Waals surface area contributed by atoms with Gasteiger partial charge in [0.15, 0.2) is 5.78 Å². The summed E-state index contributed by atoms with van der Waals surface area (Å²) in [4.78, 5) is 16.0. The Labute approximate surface area is 99.2 Å². The molecule has 1 heterocycles. The Morgan fingerprint density at radius 1 is 1.38 bits per heavy atom. The van der Waals surface area contributed by atoms with Crippen LogP contribution in [0.4, 0.5) is 5.69 Å². The molecule has 0 spiro atoms. The number of nitrogens with one attached hydrogen (secondary N) is 1. The third kappa shape index (κ3) is 2.05. The molecular weight excluding hydrogens is 224 g/mol. The van der Waals surface area contributed by atoms with E-state index in [4.69, 9.17) is 11.6 Å². The molecule has 1 aromatic rings. The molecule has 3 rings (SSSR count). The zero-order valence-corrected chi connectivity index (χ0v) is 9.63. The predicted octanol–water partition coefficient (Wildman–Crippen LogP) is 2.90. The number of hydrogen-bond acceptors (Lipinski definition) is 3. The zero-order chi connectivity index (χ0) is 11.1. The van der Waals surface area contributed by atoms with E-state index in [1.165, 1.54) is 12.8 Å². The van der Waals surface area contributed by atoms with Crippen molar-refractivity contribution in [2.45, 2.75) is 31.7 Å². The number of nitrogens with zero attached hydrogens (tertiary/aromatic N) is 1. The fourth-order valence-electron chi connectivity index (χ4n) is 1.76. The summed E-state index contributed by atoms with van der Waals surface area (Å²) < 4.78 is 0. The third-order valence-corrected chi connectivity index (χ3v) is 3.23. The summed E-state index contributed by atoms with van der Waals surface area (Å²) in [5.41, 5.74) is 1.57. The van der Waals surface area contributed by atoms with Crippen LogP contribution in [0.25, 0.3) is 0 Å². The molecule has 2 aliphatic rings. The maximum atomic E-state index is 12.0. The van der Waals surface area contributed by atoms with Crippen molar-refractivity contribution in [3.63, 3.8) is 0 Å². The summed E-state index contributed by atoms with van der Waals surface area (Å²) in [5, 5.41) is 3.78. The van der Waals surface area contributed by atoms with Gasteiger partial charge < -0.3 is 5.32 Å². The molecule has 1 N–H and O–H groups in total. The van der Waals surface area contributed by atoms with Crippen molar-refractivity contribution in [3.8, 4) is 0 Å². The second kappa shape index (κ2) is 3.74. The van der Waals surface area contributed by atoms with Gasteiger partial charge >= 0.3 is 0 Å². The average Bonchev–Trinajstić information content (AvgIpc) is 3.12. The standard InChI is InChI=1S/C12H13ClN2O/c13-11-5-10(15-8-3-4-8)9(6-14-11)12(16)7-1-2-7/h5-8H,1-4H2,(H,14,15). The summed E-state index contributed by atoms with van der Waals surface area (Å²) in [6, 6.07) is 2.28. The van der Waals surface area contributed by atoms with Crippen molar-refractivity contribution in [1.29, 1.82) is 0 Å². The Balaban J connectivity index is 1.90. The SMILES string of the molecule is O=C(c1cnc(Cl)cc1NC1CC1)C1CC1. The molecule has 0 amide bonds. The summed E-state index contributed by atoms with van der Waals surface area (Å²) in [6.45, 7) is 0. The maximum Gasteiger partial charge on any atom is 0.169 e. The molecule has 2 saturated carbocycles. The van der Waals surface area contributed by atoms with Crippen molar-refractivity contribution in [1.82, 2.24) is 4.98 Å². The molecule has 0 saturated heterocycles. The van der Waals surface area contributed by atoms with Crippen LogP contribution in [0.1, 0.15) is 36.0 Å². The molecule has 0 aliphatic heterocycles.